The first kappa shape index (κ1) is 17.2. The third kappa shape index (κ3) is 3.29. The van der Waals surface area contributed by atoms with Gasteiger partial charge in [0.1, 0.15) is 5.82 Å². The number of aromatic nitrogens is 2. The fourth-order valence-electron chi connectivity index (χ4n) is 2.98. The topological polar surface area (TPSA) is 61.6 Å². The molecule has 1 aromatic rings. The number of aryl methyl sites for hydroxylation is 1. The normalized spacial score (nSPS) is 19.4. The van der Waals surface area contributed by atoms with Gasteiger partial charge in [-0.05, 0) is 27.7 Å². The zero-order chi connectivity index (χ0) is 16.7. The quantitative estimate of drug-likeness (QED) is 0.918. The highest BCUT2D eigenvalue weighted by atomic mass is 35.5. The second-order valence-corrected chi connectivity index (χ2v) is 7.19. The standard InChI is InChI=1S/C15H25ClN4O2/c1-10-17-13(16)11(18(10)5)12(14(21)22)19-6-8-20(9-7-19)15(2,3)4/h12H,6-9H2,1-5H3,(H,21,22). The third-order valence-electron chi connectivity index (χ3n) is 4.44. The lowest BCUT2D eigenvalue weighted by atomic mass is 10.0. The zero-order valence-corrected chi connectivity index (χ0v) is 14.7. The highest BCUT2D eigenvalue weighted by Gasteiger charge is 2.36. The molecule has 1 aromatic heterocycles. The van der Waals surface area contributed by atoms with Crippen LogP contribution in [-0.2, 0) is 11.8 Å². The van der Waals surface area contributed by atoms with Gasteiger partial charge in [-0.2, -0.15) is 0 Å². The van der Waals surface area contributed by atoms with Crippen LogP contribution in [0, 0.1) is 6.92 Å². The Hall–Kier alpha value is -1.11. The van der Waals surface area contributed by atoms with E-state index in [1.54, 1.807) is 4.57 Å². The molecule has 0 aromatic carbocycles. The van der Waals surface area contributed by atoms with E-state index in [1.165, 1.54) is 0 Å². The lowest BCUT2D eigenvalue weighted by molar-refractivity contribution is -0.145. The van der Waals surface area contributed by atoms with Gasteiger partial charge < -0.3 is 9.67 Å². The minimum atomic E-state index is -0.880. The Morgan fingerprint density at radius 1 is 1.27 bits per heavy atom. The number of carboxylic acid groups (broad SMARTS) is 1. The van der Waals surface area contributed by atoms with E-state index in [-0.39, 0.29) is 10.7 Å². The lowest BCUT2D eigenvalue weighted by Gasteiger charge is -2.43. The molecule has 1 aliphatic heterocycles. The van der Waals surface area contributed by atoms with Crippen molar-refractivity contribution in [1.29, 1.82) is 0 Å². The van der Waals surface area contributed by atoms with Crippen LogP contribution in [0.25, 0.3) is 0 Å². The number of aliphatic carboxylic acids is 1. The van der Waals surface area contributed by atoms with Crippen molar-refractivity contribution in [2.45, 2.75) is 39.3 Å². The number of carboxylic acids is 1. The van der Waals surface area contributed by atoms with Gasteiger partial charge in [-0.25, -0.2) is 4.98 Å². The zero-order valence-electron chi connectivity index (χ0n) is 13.9. The van der Waals surface area contributed by atoms with E-state index >= 15 is 0 Å². The molecule has 1 atom stereocenters. The molecule has 0 radical (unpaired) electrons. The van der Waals surface area contributed by atoms with Gasteiger partial charge in [-0.1, -0.05) is 11.6 Å². The van der Waals surface area contributed by atoms with Crippen molar-refractivity contribution in [2.24, 2.45) is 7.05 Å². The summed E-state index contributed by atoms with van der Waals surface area (Å²) in [7, 11) is 1.81. The molecule has 0 amide bonds. The van der Waals surface area contributed by atoms with Gasteiger partial charge in [0.2, 0.25) is 0 Å². The maximum absolute atomic E-state index is 11.8. The average Bonchev–Trinajstić information content (AvgIpc) is 2.65. The summed E-state index contributed by atoms with van der Waals surface area (Å²) < 4.78 is 1.78. The number of imidazole rings is 1. The molecule has 0 saturated carbocycles. The van der Waals surface area contributed by atoms with Crippen molar-refractivity contribution in [3.05, 3.63) is 16.7 Å². The molecule has 1 fully saturated rings. The monoisotopic (exact) mass is 328 g/mol. The minimum Gasteiger partial charge on any atom is -0.480 e. The first-order valence-electron chi connectivity index (χ1n) is 7.53. The Labute approximate surface area is 136 Å². The van der Waals surface area contributed by atoms with Crippen molar-refractivity contribution in [3.63, 3.8) is 0 Å². The summed E-state index contributed by atoms with van der Waals surface area (Å²) in [5.74, 6) is -0.159. The maximum atomic E-state index is 11.8. The van der Waals surface area contributed by atoms with E-state index in [1.807, 2.05) is 18.9 Å². The molecule has 2 rings (SSSR count). The van der Waals surface area contributed by atoms with Crippen LogP contribution >= 0.6 is 11.6 Å². The largest absolute Gasteiger partial charge is 0.480 e. The fraction of sp³-hybridized carbons (Fsp3) is 0.733. The Bertz CT molecular complexity index is 557. The smallest absolute Gasteiger partial charge is 0.327 e. The molecule has 1 saturated heterocycles. The van der Waals surface area contributed by atoms with Crippen molar-refractivity contribution in [1.82, 2.24) is 19.4 Å². The van der Waals surface area contributed by atoms with E-state index in [0.717, 1.165) is 18.9 Å². The Morgan fingerprint density at radius 3 is 2.18 bits per heavy atom. The van der Waals surface area contributed by atoms with E-state index in [0.29, 0.717) is 18.8 Å². The number of nitrogens with zero attached hydrogens (tertiary/aromatic N) is 4. The van der Waals surface area contributed by atoms with Crippen LogP contribution in [0.1, 0.15) is 38.3 Å². The summed E-state index contributed by atoms with van der Waals surface area (Å²) in [6, 6.07) is -0.749. The van der Waals surface area contributed by atoms with Gasteiger partial charge in [0.25, 0.3) is 0 Å². The highest BCUT2D eigenvalue weighted by Crippen LogP contribution is 2.30. The Morgan fingerprint density at radius 2 is 1.82 bits per heavy atom. The number of rotatable bonds is 3. The Balaban J connectivity index is 2.23. The number of hydrogen-bond donors (Lipinski definition) is 1. The number of hydrogen-bond acceptors (Lipinski definition) is 4. The third-order valence-corrected chi connectivity index (χ3v) is 4.72. The van der Waals surface area contributed by atoms with Gasteiger partial charge in [0.05, 0.1) is 5.69 Å². The van der Waals surface area contributed by atoms with Crippen LogP contribution < -0.4 is 0 Å². The van der Waals surface area contributed by atoms with Crippen molar-refractivity contribution in [3.8, 4) is 0 Å². The second kappa shape index (κ2) is 6.18. The first-order chi connectivity index (χ1) is 10.1. The number of piperazine rings is 1. The van der Waals surface area contributed by atoms with E-state index in [4.69, 9.17) is 11.6 Å². The van der Waals surface area contributed by atoms with Gasteiger partial charge in [-0.3, -0.25) is 14.6 Å². The SMILES string of the molecule is Cc1nc(Cl)c(C(C(=O)O)N2CCN(C(C)(C)C)CC2)n1C. The molecule has 0 spiro atoms. The molecular weight excluding hydrogens is 304 g/mol. The van der Waals surface area contributed by atoms with Crippen LogP contribution in [0.2, 0.25) is 5.15 Å². The summed E-state index contributed by atoms with van der Waals surface area (Å²) in [4.78, 5) is 20.4. The molecule has 2 heterocycles. The molecule has 1 unspecified atom stereocenters. The maximum Gasteiger partial charge on any atom is 0.327 e. The lowest BCUT2D eigenvalue weighted by Crippen LogP contribution is -2.55. The van der Waals surface area contributed by atoms with E-state index in [9.17, 15) is 9.90 Å². The van der Waals surface area contributed by atoms with Crippen LogP contribution in [0.3, 0.4) is 0 Å². The highest BCUT2D eigenvalue weighted by molar-refractivity contribution is 6.30. The van der Waals surface area contributed by atoms with Crippen LogP contribution in [0.15, 0.2) is 0 Å². The average molecular weight is 329 g/mol. The fourth-order valence-corrected chi connectivity index (χ4v) is 3.33. The van der Waals surface area contributed by atoms with Crippen LogP contribution in [0.4, 0.5) is 0 Å². The molecule has 0 bridgehead atoms. The number of carbonyl (C=O) groups is 1. The summed E-state index contributed by atoms with van der Waals surface area (Å²) in [6.45, 7) is 11.5. The predicted molar refractivity (Wildman–Crippen MR) is 86.2 cm³/mol. The molecule has 22 heavy (non-hydrogen) atoms. The number of halogens is 1. The molecule has 1 N–H and O–H groups in total. The van der Waals surface area contributed by atoms with Crippen LogP contribution in [-0.4, -0.2) is 62.1 Å². The van der Waals surface area contributed by atoms with E-state index in [2.05, 4.69) is 30.7 Å². The molecule has 1 aliphatic rings. The van der Waals surface area contributed by atoms with E-state index < -0.39 is 12.0 Å². The Kier molecular flexibility index (Phi) is 4.84. The summed E-state index contributed by atoms with van der Waals surface area (Å²) in [6.07, 6.45) is 0. The van der Waals surface area contributed by atoms with Crippen LogP contribution in [0.5, 0.6) is 0 Å². The van der Waals surface area contributed by atoms with Gasteiger partial charge >= 0.3 is 5.97 Å². The summed E-state index contributed by atoms with van der Waals surface area (Å²) in [5.41, 5.74) is 0.668. The molecular formula is C15H25ClN4O2. The van der Waals surface area contributed by atoms with Crippen molar-refractivity contribution in [2.75, 3.05) is 26.2 Å². The molecule has 7 heteroatoms. The van der Waals surface area contributed by atoms with Gasteiger partial charge in [0, 0.05) is 38.8 Å². The second-order valence-electron chi connectivity index (χ2n) is 6.83. The molecule has 6 nitrogen and oxygen atoms in total. The van der Waals surface area contributed by atoms with Gasteiger partial charge in [0.15, 0.2) is 11.2 Å². The predicted octanol–water partition coefficient (Wildman–Crippen LogP) is 1.92. The van der Waals surface area contributed by atoms with Gasteiger partial charge in [-0.15, -0.1) is 0 Å². The minimum absolute atomic E-state index is 0.103. The summed E-state index contributed by atoms with van der Waals surface area (Å²) in [5, 5.41) is 9.99. The van der Waals surface area contributed by atoms with Crippen molar-refractivity contribution < 1.29 is 9.90 Å². The summed E-state index contributed by atoms with van der Waals surface area (Å²) >= 11 is 6.18. The molecule has 0 aliphatic carbocycles. The first-order valence-corrected chi connectivity index (χ1v) is 7.91. The van der Waals surface area contributed by atoms with Crippen molar-refractivity contribution >= 4 is 17.6 Å². The molecule has 124 valence electrons.